The van der Waals surface area contributed by atoms with Gasteiger partial charge in [0.05, 0.1) is 12.7 Å². The first-order valence-corrected chi connectivity index (χ1v) is 3.13. The number of halogens is 1. The lowest BCUT2D eigenvalue weighted by Gasteiger charge is -2.42. The fourth-order valence-corrected chi connectivity index (χ4v) is 1.14. The highest BCUT2D eigenvalue weighted by molar-refractivity contribution is 5.85. The fourth-order valence-electron chi connectivity index (χ4n) is 1.14. The Morgan fingerprint density at radius 2 is 2.20 bits per heavy atom. The molecule has 0 radical (unpaired) electrons. The quantitative estimate of drug-likeness (QED) is 0.605. The van der Waals surface area contributed by atoms with Crippen LogP contribution in [-0.2, 0) is 4.74 Å². The molecule has 0 aliphatic heterocycles. The van der Waals surface area contributed by atoms with Crippen molar-refractivity contribution in [2.45, 2.75) is 24.5 Å². The second kappa shape index (κ2) is 3.53. The molecule has 1 fully saturated rings. The van der Waals surface area contributed by atoms with Crippen molar-refractivity contribution in [3.05, 3.63) is 0 Å². The van der Waals surface area contributed by atoms with Gasteiger partial charge in [-0.3, -0.25) is 0 Å². The van der Waals surface area contributed by atoms with E-state index < -0.39 is 0 Å². The minimum Gasteiger partial charge on any atom is -0.394 e. The molecule has 62 valence electrons. The van der Waals surface area contributed by atoms with Gasteiger partial charge in [-0.05, 0) is 12.8 Å². The van der Waals surface area contributed by atoms with Gasteiger partial charge in [-0.25, -0.2) is 0 Å². The van der Waals surface area contributed by atoms with Crippen LogP contribution < -0.4 is 5.73 Å². The number of nitrogens with two attached hydrogens (primary N) is 1. The Bertz CT molecular complexity index is 104. The molecular formula is C6H14ClNO2. The molecule has 0 aromatic carbocycles. The molecule has 0 heterocycles. The van der Waals surface area contributed by atoms with Crippen LogP contribution in [0.15, 0.2) is 0 Å². The first kappa shape index (κ1) is 10.2. The van der Waals surface area contributed by atoms with Gasteiger partial charge in [0.1, 0.15) is 0 Å². The number of methoxy groups -OCH3 is 1. The van der Waals surface area contributed by atoms with Gasteiger partial charge in [0, 0.05) is 12.6 Å². The summed E-state index contributed by atoms with van der Waals surface area (Å²) in [7, 11) is 1.67. The minimum absolute atomic E-state index is 0. The second-order valence-electron chi connectivity index (χ2n) is 2.79. The summed E-state index contributed by atoms with van der Waals surface area (Å²) in [6.07, 6.45) is 1.86. The fraction of sp³-hybridized carbons (Fsp3) is 1.00. The number of aliphatic hydroxyl groups excluding tert-OH is 1. The van der Waals surface area contributed by atoms with E-state index in [1.54, 1.807) is 7.11 Å². The molecule has 1 aliphatic carbocycles. The first-order valence-electron chi connectivity index (χ1n) is 3.13. The third-order valence-electron chi connectivity index (χ3n) is 1.92. The third kappa shape index (κ3) is 1.83. The van der Waals surface area contributed by atoms with Crippen LogP contribution in [0.1, 0.15) is 12.8 Å². The molecule has 1 aliphatic rings. The number of hydrogen-bond donors (Lipinski definition) is 2. The molecule has 0 spiro atoms. The summed E-state index contributed by atoms with van der Waals surface area (Å²) >= 11 is 0. The van der Waals surface area contributed by atoms with Crippen LogP contribution in [0.2, 0.25) is 0 Å². The molecule has 0 saturated heterocycles. The van der Waals surface area contributed by atoms with Crippen molar-refractivity contribution in [3.63, 3.8) is 0 Å². The Morgan fingerprint density at radius 3 is 2.50 bits per heavy atom. The van der Waals surface area contributed by atoms with Gasteiger partial charge in [-0.2, -0.15) is 0 Å². The van der Waals surface area contributed by atoms with Crippen LogP contribution in [-0.4, -0.2) is 30.5 Å². The van der Waals surface area contributed by atoms with Gasteiger partial charge >= 0.3 is 0 Å². The summed E-state index contributed by atoms with van der Waals surface area (Å²) in [6, 6.07) is 0. The van der Waals surface area contributed by atoms with E-state index in [2.05, 4.69) is 0 Å². The predicted octanol–water partition coefficient (Wildman–Crippen LogP) is -0.0932. The van der Waals surface area contributed by atoms with E-state index in [9.17, 15) is 0 Å². The Kier molecular flexibility index (Phi) is 3.59. The molecule has 3 N–H and O–H groups in total. The standard InChI is InChI=1S/C6H13NO2.ClH/c1-9-5-2-6(7,3-5)4-8;/h5,8H,2-4,7H2,1H3;1H. The van der Waals surface area contributed by atoms with Crippen molar-refractivity contribution < 1.29 is 9.84 Å². The Balaban J connectivity index is 0.000000810. The molecule has 4 heteroatoms. The highest BCUT2D eigenvalue weighted by Crippen LogP contribution is 2.30. The molecule has 0 aromatic heterocycles. The van der Waals surface area contributed by atoms with E-state index in [0.29, 0.717) is 0 Å². The summed E-state index contributed by atoms with van der Waals surface area (Å²) < 4.78 is 4.99. The summed E-state index contributed by atoms with van der Waals surface area (Å²) in [5.41, 5.74) is 5.31. The lowest BCUT2D eigenvalue weighted by atomic mass is 9.76. The number of rotatable bonds is 2. The Labute approximate surface area is 67.0 Å². The Hall–Kier alpha value is 0.170. The molecule has 10 heavy (non-hydrogen) atoms. The first-order chi connectivity index (χ1) is 4.20. The summed E-state index contributed by atoms with van der Waals surface area (Å²) in [5, 5.41) is 8.68. The van der Waals surface area contributed by atoms with Gasteiger partial charge in [0.2, 0.25) is 0 Å². The monoisotopic (exact) mass is 167 g/mol. The number of aliphatic hydroxyl groups is 1. The van der Waals surface area contributed by atoms with Crippen LogP contribution in [0, 0.1) is 0 Å². The van der Waals surface area contributed by atoms with Gasteiger partial charge in [0.15, 0.2) is 0 Å². The average molecular weight is 168 g/mol. The molecule has 0 amide bonds. The topological polar surface area (TPSA) is 55.5 Å². The highest BCUT2D eigenvalue weighted by atomic mass is 35.5. The van der Waals surface area contributed by atoms with Gasteiger partial charge in [-0.15, -0.1) is 12.4 Å². The van der Waals surface area contributed by atoms with Gasteiger partial charge in [-0.1, -0.05) is 0 Å². The lowest BCUT2D eigenvalue weighted by Crippen LogP contribution is -2.57. The van der Waals surface area contributed by atoms with Crippen molar-refractivity contribution in [2.24, 2.45) is 5.73 Å². The van der Waals surface area contributed by atoms with E-state index in [0.717, 1.165) is 12.8 Å². The van der Waals surface area contributed by atoms with Crippen molar-refractivity contribution >= 4 is 12.4 Å². The lowest BCUT2D eigenvalue weighted by molar-refractivity contribution is -0.0349. The van der Waals surface area contributed by atoms with E-state index in [-0.39, 0.29) is 30.7 Å². The largest absolute Gasteiger partial charge is 0.394 e. The summed E-state index contributed by atoms with van der Waals surface area (Å²) in [4.78, 5) is 0. The van der Waals surface area contributed by atoms with Crippen LogP contribution in [0.5, 0.6) is 0 Å². The molecule has 0 bridgehead atoms. The second-order valence-corrected chi connectivity index (χ2v) is 2.79. The van der Waals surface area contributed by atoms with E-state index in [4.69, 9.17) is 15.6 Å². The van der Waals surface area contributed by atoms with Crippen LogP contribution in [0.25, 0.3) is 0 Å². The smallest absolute Gasteiger partial charge is 0.0613 e. The Morgan fingerprint density at radius 1 is 1.70 bits per heavy atom. The summed E-state index contributed by atoms with van der Waals surface area (Å²) in [5.74, 6) is 0. The maximum absolute atomic E-state index is 8.68. The zero-order valence-electron chi connectivity index (χ0n) is 6.04. The molecule has 0 atom stereocenters. The molecule has 1 rings (SSSR count). The summed E-state index contributed by atoms with van der Waals surface area (Å²) in [6.45, 7) is 0.0762. The number of hydrogen-bond acceptors (Lipinski definition) is 3. The van der Waals surface area contributed by atoms with Gasteiger partial charge in [0.25, 0.3) is 0 Å². The zero-order chi connectivity index (χ0) is 6.91. The van der Waals surface area contributed by atoms with E-state index in [1.165, 1.54) is 0 Å². The van der Waals surface area contributed by atoms with Crippen molar-refractivity contribution in [2.75, 3.05) is 13.7 Å². The van der Waals surface area contributed by atoms with Crippen molar-refractivity contribution in [1.82, 2.24) is 0 Å². The highest BCUT2D eigenvalue weighted by Gasteiger charge is 2.40. The van der Waals surface area contributed by atoms with E-state index >= 15 is 0 Å². The van der Waals surface area contributed by atoms with Crippen LogP contribution >= 0.6 is 12.4 Å². The number of ether oxygens (including phenoxy) is 1. The molecule has 0 unspecified atom stereocenters. The van der Waals surface area contributed by atoms with E-state index in [1.807, 2.05) is 0 Å². The zero-order valence-corrected chi connectivity index (χ0v) is 6.86. The van der Waals surface area contributed by atoms with Crippen molar-refractivity contribution in [1.29, 1.82) is 0 Å². The normalized spacial score (nSPS) is 38.1. The van der Waals surface area contributed by atoms with Crippen LogP contribution in [0.4, 0.5) is 0 Å². The third-order valence-corrected chi connectivity index (χ3v) is 1.92. The molecular weight excluding hydrogens is 154 g/mol. The van der Waals surface area contributed by atoms with Crippen LogP contribution in [0.3, 0.4) is 0 Å². The maximum Gasteiger partial charge on any atom is 0.0613 e. The minimum atomic E-state index is -0.333. The van der Waals surface area contributed by atoms with Crippen molar-refractivity contribution in [3.8, 4) is 0 Å². The average Bonchev–Trinajstić information content (AvgIpc) is 1.81. The molecule has 3 nitrogen and oxygen atoms in total. The molecule has 1 saturated carbocycles. The molecule has 0 aromatic rings. The SMILES string of the molecule is COC1CC(N)(CO)C1.Cl. The van der Waals surface area contributed by atoms with Gasteiger partial charge < -0.3 is 15.6 Å². The predicted molar refractivity (Wildman–Crippen MR) is 41.3 cm³/mol. The maximum atomic E-state index is 8.68.